The van der Waals surface area contributed by atoms with Gasteiger partial charge in [-0.3, -0.25) is 19.4 Å². The number of aliphatic carboxylic acids is 1. The van der Waals surface area contributed by atoms with Crippen LogP contribution in [0, 0.1) is 0 Å². The number of rotatable bonds is 16. The van der Waals surface area contributed by atoms with E-state index in [-0.39, 0.29) is 25.3 Å². The number of carboxylic acids is 1. The fourth-order valence-corrected chi connectivity index (χ4v) is 3.65. The van der Waals surface area contributed by atoms with Gasteiger partial charge in [-0.25, -0.2) is 4.79 Å². The van der Waals surface area contributed by atoms with Crippen LogP contribution in [0.3, 0.4) is 0 Å². The molecule has 1 rings (SSSR count). The van der Waals surface area contributed by atoms with Gasteiger partial charge in [0.1, 0.15) is 18.1 Å². The van der Waals surface area contributed by atoms with Crippen LogP contribution in [-0.4, -0.2) is 77.5 Å². The molecule has 0 aliphatic heterocycles. The van der Waals surface area contributed by atoms with Crippen LogP contribution in [0.5, 0.6) is 0 Å². The molecule has 1 aromatic rings. The highest BCUT2D eigenvalue weighted by Crippen LogP contribution is 2.06. The summed E-state index contributed by atoms with van der Waals surface area (Å²) < 4.78 is 0. The summed E-state index contributed by atoms with van der Waals surface area (Å²) in [6.07, 6.45) is 2.86. The minimum absolute atomic E-state index is 0.104. The Bertz CT molecular complexity index is 896. The Balaban J connectivity index is 2.71. The molecule has 200 valence electrons. The second kappa shape index (κ2) is 16.4. The Hall–Kier alpha value is -3.32. The largest absolute Gasteiger partial charge is 0.480 e. The van der Waals surface area contributed by atoms with E-state index in [2.05, 4.69) is 20.9 Å². The number of benzene rings is 1. The van der Waals surface area contributed by atoms with Crippen LogP contribution in [-0.2, 0) is 25.6 Å². The molecule has 10 N–H and O–H groups in total. The van der Waals surface area contributed by atoms with E-state index in [9.17, 15) is 24.3 Å². The van der Waals surface area contributed by atoms with Gasteiger partial charge >= 0.3 is 5.97 Å². The molecule has 12 nitrogen and oxygen atoms in total. The standard InChI is InChI=1S/C23H37N7O5S/c1-14(28-20(32)16(24)13-15-7-4-3-5-8-15)19(31)29-17(10-12-36-2)21(33)30-18(22(34)35)9-6-11-27-23(25)26/h3-5,7-8,14,16-18H,6,9-13,24H2,1-2H3,(H,28,32)(H,29,31)(H,30,33)(H,34,35)(H4,25,26,27). The number of carbonyl (C=O) groups is 4. The highest BCUT2D eigenvalue weighted by Gasteiger charge is 2.28. The number of carboxylic acid groups (broad SMARTS) is 1. The monoisotopic (exact) mass is 523 g/mol. The molecule has 0 bridgehead atoms. The van der Waals surface area contributed by atoms with Gasteiger partial charge in [-0.2, -0.15) is 11.8 Å². The zero-order valence-corrected chi connectivity index (χ0v) is 21.4. The van der Waals surface area contributed by atoms with E-state index in [0.29, 0.717) is 18.6 Å². The van der Waals surface area contributed by atoms with Crippen LogP contribution in [0.4, 0.5) is 0 Å². The quantitative estimate of drug-likeness (QED) is 0.0795. The highest BCUT2D eigenvalue weighted by atomic mass is 32.2. The molecule has 0 fully saturated rings. The lowest BCUT2D eigenvalue weighted by Gasteiger charge is -2.23. The average Bonchev–Trinajstić information content (AvgIpc) is 2.83. The lowest BCUT2D eigenvalue weighted by molar-refractivity contribution is -0.142. The number of guanidine groups is 1. The summed E-state index contributed by atoms with van der Waals surface area (Å²) in [5.41, 5.74) is 17.4. The van der Waals surface area contributed by atoms with Crippen molar-refractivity contribution in [3.8, 4) is 0 Å². The molecule has 4 atom stereocenters. The van der Waals surface area contributed by atoms with Crippen LogP contribution in [0.25, 0.3) is 0 Å². The van der Waals surface area contributed by atoms with Crippen molar-refractivity contribution < 1.29 is 24.3 Å². The molecule has 0 spiro atoms. The summed E-state index contributed by atoms with van der Waals surface area (Å²) in [5, 5.41) is 17.1. The van der Waals surface area contributed by atoms with Crippen LogP contribution in [0.2, 0.25) is 0 Å². The van der Waals surface area contributed by atoms with Crippen LogP contribution >= 0.6 is 11.8 Å². The first-order valence-electron chi connectivity index (χ1n) is 11.5. The summed E-state index contributed by atoms with van der Waals surface area (Å²) >= 11 is 1.47. The molecule has 0 saturated carbocycles. The van der Waals surface area contributed by atoms with Crippen LogP contribution < -0.4 is 33.2 Å². The minimum atomic E-state index is -1.21. The van der Waals surface area contributed by atoms with Gasteiger partial charge in [0.15, 0.2) is 5.96 Å². The number of nitrogens with one attached hydrogen (secondary N) is 3. The van der Waals surface area contributed by atoms with Gasteiger partial charge in [0.05, 0.1) is 6.04 Å². The van der Waals surface area contributed by atoms with Crippen LogP contribution in [0.1, 0.15) is 31.7 Å². The normalized spacial score (nSPS) is 14.0. The van der Waals surface area contributed by atoms with Crippen molar-refractivity contribution in [3.63, 3.8) is 0 Å². The predicted molar refractivity (Wildman–Crippen MR) is 140 cm³/mol. The average molecular weight is 524 g/mol. The molecule has 0 aliphatic carbocycles. The van der Waals surface area contributed by atoms with Gasteiger partial charge in [-0.1, -0.05) is 30.3 Å². The van der Waals surface area contributed by atoms with Crippen molar-refractivity contribution in [2.24, 2.45) is 22.2 Å². The smallest absolute Gasteiger partial charge is 0.326 e. The maximum Gasteiger partial charge on any atom is 0.326 e. The number of hydrogen-bond donors (Lipinski definition) is 7. The fraction of sp³-hybridized carbons (Fsp3) is 0.522. The summed E-state index contributed by atoms with van der Waals surface area (Å²) in [5.74, 6) is -2.49. The number of hydrogen-bond acceptors (Lipinski definition) is 7. The van der Waals surface area contributed by atoms with Crippen molar-refractivity contribution in [2.75, 3.05) is 18.6 Å². The second-order valence-corrected chi connectivity index (χ2v) is 9.20. The molecule has 36 heavy (non-hydrogen) atoms. The molecule has 0 aromatic heterocycles. The van der Waals surface area contributed by atoms with Gasteiger partial charge < -0.3 is 38.3 Å². The molecule has 4 unspecified atom stereocenters. The summed E-state index contributed by atoms with van der Waals surface area (Å²) in [6, 6.07) is 5.27. The SMILES string of the molecule is CSCCC(NC(=O)C(C)NC(=O)C(N)Cc1ccccc1)C(=O)NC(CCCN=C(N)N)C(=O)O. The third kappa shape index (κ3) is 11.9. The van der Waals surface area contributed by atoms with Gasteiger partial charge in [-0.05, 0) is 50.2 Å². The third-order valence-corrected chi connectivity index (χ3v) is 5.83. The Morgan fingerprint density at radius 1 is 0.972 bits per heavy atom. The lowest BCUT2D eigenvalue weighted by atomic mass is 10.1. The van der Waals surface area contributed by atoms with Crippen LogP contribution in [0.15, 0.2) is 35.3 Å². The van der Waals surface area contributed by atoms with Gasteiger partial charge in [-0.15, -0.1) is 0 Å². The molecule has 0 saturated heterocycles. The summed E-state index contributed by atoms with van der Waals surface area (Å²) in [6.45, 7) is 1.70. The molecule has 0 heterocycles. The zero-order chi connectivity index (χ0) is 27.1. The Morgan fingerprint density at radius 2 is 1.61 bits per heavy atom. The molecule has 0 aliphatic rings. The van der Waals surface area contributed by atoms with E-state index in [1.807, 2.05) is 36.6 Å². The third-order valence-electron chi connectivity index (χ3n) is 5.19. The number of aliphatic imine (C=N–C) groups is 1. The molecule has 3 amide bonds. The van der Waals surface area contributed by atoms with Crippen molar-refractivity contribution >= 4 is 41.4 Å². The molecule has 1 aromatic carbocycles. The lowest BCUT2D eigenvalue weighted by Crippen LogP contribution is -2.56. The highest BCUT2D eigenvalue weighted by molar-refractivity contribution is 7.98. The fourth-order valence-electron chi connectivity index (χ4n) is 3.18. The van der Waals surface area contributed by atoms with E-state index in [0.717, 1.165) is 5.56 Å². The van der Waals surface area contributed by atoms with E-state index in [4.69, 9.17) is 17.2 Å². The number of amides is 3. The number of thioether (sulfide) groups is 1. The van der Waals surface area contributed by atoms with Crippen molar-refractivity contribution in [1.82, 2.24) is 16.0 Å². The van der Waals surface area contributed by atoms with Gasteiger partial charge in [0.2, 0.25) is 17.7 Å². The first-order valence-corrected chi connectivity index (χ1v) is 12.9. The van der Waals surface area contributed by atoms with E-state index in [1.165, 1.54) is 18.7 Å². The summed E-state index contributed by atoms with van der Waals surface area (Å²) in [4.78, 5) is 53.4. The molecule has 13 heteroatoms. The van der Waals surface area contributed by atoms with E-state index in [1.54, 1.807) is 0 Å². The maximum absolute atomic E-state index is 12.8. The van der Waals surface area contributed by atoms with Gasteiger partial charge in [0.25, 0.3) is 0 Å². The second-order valence-electron chi connectivity index (χ2n) is 8.22. The molecular formula is C23H37N7O5S. The Morgan fingerprint density at radius 3 is 2.19 bits per heavy atom. The number of carbonyl (C=O) groups excluding carboxylic acids is 3. The minimum Gasteiger partial charge on any atom is -0.480 e. The van der Waals surface area contributed by atoms with Crippen molar-refractivity contribution in [2.45, 2.75) is 56.8 Å². The van der Waals surface area contributed by atoms with Crippen molar-refractivity contribution in [3.05, 3.63) is 35.9 Å². The summed E-state index contributed by atoms with van der Waals surface area (Å²) in [7, 11) is 0. The Kier molecular flexibility index (Phi) is 14.0. The first-order chi connectivity index (χ1) is 17.0. The zero-order valence-electron chi connectivity index (χ0n) is 20.6. The molecular weight excluding hydrogens is 486 g/mol. The predicted octanol–water partition coefficient (Wildman–Crippen LogP) is -1.08. The number of nitrogens with two attached hydrogens (primary N) is 3. The number of nitrogens with zero attached hydrogens (tertiary/aromatic N) is 1. The van der Waals surface area contributed by atoms with Gasteiger partial charge in [0, 0.05) is 6.54 Å². The topological polar surface area (TPSA) is 215 Å². The molecule has 0 radical (unpaired) electrons. The van der Waals surface area contributed by atoms with Crippen molar-refractivity contribution in [1.29, 1.82) is 0 Å². The maximum atomic E-state index is 12.8. The first kappa shape index (κ1) is 30.7. The van der Waals surface area contributed by atoms with E-state index < -0.39 is 47.9 Å². The Labute approximate surface area is 215 Å². The van der Waals surface area contributed by atoms with E-state index >= 15 is 0 Å².